The fourth-order valence-electron chi connectivity index (χ4n) is 1.68. The molecule has 0 radical (unpaired) electrons. The molecule has 0 spiro atoms. The van der Waals surface area contributed by atoms with E-state index in [1.807, 2.05) is 11.4 Å². The summed E-state index contributed by atoms with van der Waals surface area (Å²) in [5.74, 6) is 0.905. The van der Waals surface area contributed by atoms with E-state index in [0.717, 1.165) is 10.2 Å². The zero-order chi connectivity index (χ0) is 14.1. The number of ether oxygens (including phenoxy) is 1. The molecule has 2 heterocycles. The van der Waals surface area contributed by atoms with Crippen molar-refractivity contribution in [1.82, 2.24) is 9.97 Å². The van der Waals surface area contributed by atoms with Crippen molar-refractivity contribution < 1.29 is 4.74 Å². The molecule has 0 fully saturated rings. The van der Waals surface area contributed by atoms with Crippen molar-refractivity contribution in [1.29, 1.82) is 0 Å². The van der Waals surface area contributed by atoms with Gasteiger partial charge in [0.15, 0.2) is 11.6 Å². The van der Waals surface area contributed by atoms with E-state index in [1.165, 1.54) is 11.3 Å². The predicted molar refractivity (Wildman–Crippen MR) is 83.2 cm³/mol. The largest absolute Gasteiger partial charge is 0.482 e. The van der Waals surface area contributed by atoms with E-state index in [-0.39, 0.29) is 6.61 Å². The number of rotatable bonds is 3. The summed E-state index contributed by atoms with van der Waals surface area (Å²) < 4.78 is 5.59. The minimum atomic E-state index is 0.150. The molecule has 0 atom stereocenters. The topological polar surface area (TPSA) is 35.0 Å². The van der Waals surface area contributed by atoms with Crippen molar-refractivity contribution in [3.05, 3.63) is 50.7 Å². The smallest absolute Gasteiger partial charge is 0.169 e. The maximum atomic E-state index is 6.10. The summed E-state index contributed by atoms with van der Waals surface area (Å²) in [6.45, 7) is 0.150. The maximum Gasteiger partial charge on any atom is 0.169 e. The van der Waals surface area contributed by atoms with Crippen molar-refractivity contribution in [2.45, 2.75) is 6.61 Å². The lowest BCUT2D eigenvalue weighted by atomic mass is 10.3. The highest BCUT2D eigenvalue weighted by molar-refractivity contribution is 7.16. The number of fused-ring (bicyclic) bond motifs is 1. The quantitative estimate of drug-likeness (QED) is 0.610. The van der Waals surface area contributed by atoms with Gasteiger partial charge >= 0.3 is 0 Å². The molecule has 7 heteroatoms. The molecule has 3 nitrogen and oxygen atoms in total. The third-order valence-electron chi connectivity index (χ3n) is 2.59. The number of aromatic nitrogens is 2. The van der Waals surface area contributed by atoms with E-state index >= 15 is 0 Å². The average molecular weight is 346 g/mol. The minimum absolute atomic E-state index is 0.150. The van der Waals surface area contributed by atoms with E-state index in [9.17, 15) is 0 Å². The van der Waals surface area contributed by atoms with Crippen LogP contribution in [0.5, 0.6) is 5.75 Å². The molecule has 0 aliphatic rings. The summed E-state index contributed by atoms with van der Waals surface area (Å²) in [7, 11) is 0. The molecule has 3 rings (SSSR count). The van der Waals surface area contributed by atoms with Crippen LogP contribution in [-0.2, 0) is 6.61 Å². The summed E-state index contributed by atoms with van der Waals surface area (Å²) in [5, 5.41) is 4.07. The third kappa shape index (κ3) is 2.69. The molecule has 0 saturated carbocycles. The third-order valence-corrected chi connectivity index (χ3v) is 4.28. The number of halogens is 3. The van der Waals surface area contributed by atoms with Crippen molar-refractivity contribution in [2.75, 3.05) is 0 Å². The Labute approximate surface area is 134 Å². The van der Waals surface area contributed by atoms with Crippen LogP contribution >= 0.6 is 46.1 Å². The van der Waals surface area contributed by atoms with Crippen LogP contribution in [0, 0.1) is 0 Å². The highest BCUT2D eigenvalue weighted by atomic mass is 35.5. The molecular formula is C13H7Cl3N2OS. The second kappa shape index (κ2) is 5.74. The first-order valence-corrected chi connectivity index (χ1v) is 7.63. The van der Waals surface area contributed by atoms with Crippen molar-refractivity contribution in [3.8, 4) is 5.75 Å². The highest BCUT2D eigenvalue weighted by Gasteiger charge is 2.10. The van der Waals surface area contributed by atoms with E-state index in [2.05, 4.69) is 9.97 Å². The molecule has 1 aromatic carbocycles. The van der Waals surface area contributed by atoms with E-state index in [4.69, 9.17) is 39.5 Å². The molecule has 0 unspecified atom stereocenters. The summed E-state index contributed by atoms with van der Waals surface area (Å²) in [5.41, 5.74) is 0. The van der Waals surface area contributed by atoms with Crippen molar-refractivity contribution >= 4 is 56.4 Å². The van der Waals surface area contributed by atoms with Crippen LogP contribution in [0.1, 0.15) is 5.82 Å². The Hall–Kier alpha value is -1.07. The molecule has 3 aromatic rings. The first-order valence-electron chi connectivity index (χ1n) is 5.61. The molecule has 2 aromatic heterocycles. The van der Waals surface area contributed by atoms with Crippen LogP contribution < -0.4 is 4.74 Å². The Balaban J connectivity index is 1.87. The Morgan fingerprint density at radius 2 is 1.80 bits per heavy atom. The molecular weight excluding hydrogens is 339 g/mol. The van der Waals surface area contributed by atoms with E-state index < -0.39 is 0 Å². The number of hydrogen-bond acceptors (Lipinski definition) is 4. The normalized spacial score (nSPS) is 10.9. The number of para-hydroxylation sites is 1. The summed E-state index contributed by atoms with van der Waals surface area (Å²) in [6.07, 6.45) is 0. The van der Waals surface area contributed by atoms with E-state index in [1.54, 1.807) is 18.2 Å². The van der Waals surface area contributed by atoms with Gasteiger partial charge in [0.1, 0.15) is 16.6 Å². The van der Waals surface area contributed by atoms with Crippen LogP contribution in [0.25, 0.3) is 10.2 Å². The lowest BCUT2D eigenvalue weighted by Gasteiger charge is -2.09. The Kier molecular flexibility index (Phi) is 3.98. The highest BCUT2D eigenvalue weighted by Crippen LogP contribution is 2.33. The molecule has 102 valence electrons. The molecule has 0 aliphatic carbocycles. The zero-order valence-corrected chi connectivity index (χ0v) is 13.0. The molecule has 0 saturated heterocycles. The summed E-state index contributed by atoms with van der Waals surface area (Å²) >= 11 is 19.7. The minimum Gasteiger partial charge on any atom is -0.482 e. The lowest BCUT2D eigenvalue weighted by molar-refractivity contribution is 0.297. The van der Waals surface area contributed by atoms with Gasteiger partial charge in [-0.3, -0.25) is 0 Å². The number of benzene rings is 1. The maximum absolute atomic E-state index is 6.10. The predicted octanol–water partition coefficient (Wildman–Crippen LogP) is 5.23. The van der Waals surface area contributed by atoms with E-state index in [0.29, 0.717) is 26.8 Å². The first-order chi connectivity index (χ1) is 9.65. The number of thiophene rings is 1. The van der Waals surface area contributed by atoms with Crippen LogP contribution in [0.2, 0.25) is 15.2 Å². The molecule has 0 aliphatic heterocycles. The number of hydrogen-bond donors (Lipinski definition) is 0. The van der Waals surface area contributed by atoms with Crippen LogP contribution in [0.3, 0.4) is 0 Å². The van der Waals surface area contributed by atoms with Gasteiger partial charge in [0.25, 0.3) is 0 Å². The van der Waals surface area contributed by atoms with Crippen molar-refractivity contribution in [2.24, 2.45) is 0 Å². The van der Waals surface area contributed by atoms with Gasteiger partial charge in [0.05, 0.1) is 10.0 Å². The standard InChI is InChI=1S/C13H7Cl3N2OS/c14-8-2-1-3-9(15)11(8)19-6-10-17-12(16)7-4-5-20-13(7)18-10/h1-5H,6H2. The fourth-order valence-corrected chi connectivity index (χ4v) is 3.28. The SMILES string of the molecule is Clc1cccc(Cl)c1OCc1nc(Cl)c2ccsc2n1. The molecule has 0 bridgehead atoms. The van der Waals surface area contributed by atoms with Gasteiger partial charge in [-0.15, -0.1) is 11.3 Å². The second-order valence-electron chi connectivity index (χ2n) is 3.91. The van der Waals surface area contributed by atoms with Gasteiger partial charge in [0.2, 0.25) is 0 Å². The average Bonchev–Trinajstić information content (AvgIpc) is 2.87. The zero-order valence-electron chi connectivity index (χ0n) is 9.94. The fraction of sp³-hybridized carbons (Fsp3) is 0.0769. The van der Waals surface area contributed by atoms with Crippen molar-refractivity contribution in [3.63, 3.8) is 0 Å². The second-order valence-corrected chi connectivity index (χ2v) is 5.98. The van der Waals surface area contributed by atoms with Gasteiger partial charge in [-0.25, -0.2) is 9.97 Å². The van der Waals surface area contributed by atoms with Gasteiger partial charge < -0.3 is 4.74 Å². The Morgan fingerprint density at radius 1 is 1.05 bits per heavy atom. The monoisotopic (exact) mass is 344 g/mol. The van der Waals surface area contributed by atoms with Gasteiger partial charge in [-0.2, -0.15) is 0 Å². The van der Waals surface area contributed by atoms with Crippen LogP contribution in [0.15, 0.2) is 29.6 Å². The molecule has 0 N–H and O–H groups in total. The summed E-state index contributed by atoms with van der Waals surface area (Å²) in [4.78, 5) is 9.41. The van der Waals surface area contributed by atoms with Gasteiger partial charge in [0, 0.05) is 5.39 Å². The summed E-state index contributed by atoms with van der Waals surface area (Å²) in [6, 6.07) is 7.05. The first kappa shape index (κ1) is 13.9. The Morgan fingerprint density at radius 3 is 2.55 bits per heavy atom. The Bertz CT molecular complexity index is 755. The van der Waals surface area contributed by atoms with Crippen LogP contribution in [0.4, 0.5) is 0 Å². The van der Waals surface area contributed by atoms with Gasteiger partial charge in [-0.1, -0.05) is 40.9 Å². The molecule has 0 amide bonds. The number of nitrogens with zero attached hydrogens (tertiary/aromatic N) is 2. The van der Waals surface area contributed by atoms with Crippen LogP contribution in [-0.4, -0.2) is 9.97 Å². The van der Waals surface area contributed by atoms with Gasteiger partial charge in [-0.05, 0) is 23.6 Å². The molecule has 20 heavy (non-hydrogen) atoms. The lowest BCUT2D eigenvalue weighted by Crippen LogP contribution is -2.02.